The molecular formula is C14H20F2O. The first kappa shape index (κ1) is 14.1. The molecule has 0 spiro atoms. The second-order valence-electron chi connectivity index (χ2n) is 4.37. The first-order chi connectivity index (χ1) is 8.05. The van der Waals surface area contributed by atoms with Crippen LogP contribution in [0.1, 0.15) is 50.2 Å². The summed E-state index contributed by atoms with van der Waals surface area (Å²) in [5.41, 5.74) is 0.854. The van der Waals surface area contributed by atoms with E-state index in [0.717, 1.165) is 12.0 Å². The van der Waals surface area contributed by atoms with Gasteiger partial charge < -0.3 is 5.11 Å². The molecule has 0 saturated heterocycles. The van der Waals surface area contributed by atoms with Gasteiger partial charge in [0.1, 0.15) is 0 Å². The lowest BCUT2D eigenvalue weighted by Gasteiger charge is -2.19. The van der Waals surface area contributed by atoms with Crippen LogP contribution in [0.4, 0.5) is 8.78 Å². The van der Waals surface area contributed by atoms with E-state index in [1.165, 1.54) is 12.1 Å². The van der Waals surface area contributed by atoms with Gasteiger partial charge in [0.15, 0.2) is 0 Å². The Kier molecular flexibility index (Phi) is 5.06. The quantitative estimate of drug-likeness (QED) is 0.797. The van der Waals surface area contributed by atoms with Gasteiger partial charge in [0.25, 0.3) is 5.92 Å². The standard InChI is InChI=1S/C14H20F2O/c1-3-8-14(15,16)13-7-5-6-12(9-13)11(4-2)10-17/h5-7,9,11,17H,3-4,8,10H2,1-2H3. The molecule has 0 aliphatic rings. The van der Waals surface area contributed by atoms with Crippen LogP contribution in [0.25, 0.3) is 0 Å². The molecule has 1 nitrogen and oxygen atoms in total. The van der Waals surface area contributed by atoms with Crippen LogP contribution in [-0.2, 0) is 5.92 Å². The zero-order chi connectivity index (χ0) is 12.9. The summed E-state index contributed by atoms with van der Waals surface area (Å²) in [6.45, 7) is 3.69. The average molecular weight is 242 g/mol. The van der Waals surface area contributed by atoms with Crippen LogP contribution in [0, 0.1) is 0 Å². The van der Waals surface area contributed by atoms with Crippen LogP contribution in [0.3, 0.4) is 0 Å². The van der Waals surface area contributed by atoms with E-state index in [1.54, 1.807) is 19.1 Å². The predicted molar refractivity (Wildman–Crippen MR) is 65.4 cm³/mol. The number of hydrogen-bond donors (Lipinski definition) is 1. The third-order valence-corrected chi connectivity index (χ3v) is 3.06. The monoisotopic (exact) mass is 242 g/mol. The summed E-state index contributed by atoms with van der Waals surface area (Å²) in [6.07, 6.45) is 1.07. The molecule has 1 unspecified atom stereocenters. The fourth-order valence-corrected chi connectivity index (χ4v) is 1.95. The molecule has 17 heavy (non-hydrogen) atoms. The van der Waals surface area contributed by atoms with Gasteiger partial charge in [-0.2, -0.15) is 0 Å². The lowest BCUT2D eigenvalue weighted by Crippen LogP contribution is -2.14. The highest BCUT2D eigenvalue weighted by Crippen LogP contribution is 2.34. The topological polar surface area (TPSA) is 20.2 Å². The summed E-state index contributed by atoms with van der Waals surface area (Å²) < 4.78 is 27.5. The zero-order valence-corrected chi connectivity index (χ0v) is 10.4. The Morgan fingerprint density at radius 3 is 2.53 bits per heavy atom. The highest BCUT2D eigenvalue weighted by molar-refractivity contribution is 5.29. The number of aliphatic hydroxyl groups excluding tert-OH is 1. The van der Waals surface area contributed by atoms with Gasteiger partial charge >= 0.3 is 0 Å². The Balaban J connectivity index is 3.00. The van der Waals surface area contributed by atoms with Crippen LogP contribution in [0.15, 0.2) is 24.3 Å². The summed E-state index contributed by atoms with van der Waals surface area (Å²) >= 11 is 0. The first-order valence-corrected chi connectivity index (χ1v) is 6.14. The molecule has 1 aromatic rings. The van der Waals surface area contributed by atoms with Gasteiger partial charge in [0.05, 0.1) is 0 Å². The third kappa shape index (κ3) is 3.50. The molecule has 1 atom stereocenters. The number of rotatable bonds is 6. The van der Waals surface area contributed by atoms with E-state index < -0.39 is 5.92 Å². The van der Waals surface area contributed by atoms with Gasteiger partial charge in [-0.3, -0.25) is 0 Å². The van der Waals surface area contributed by atoms with Gasteiger partial charge in [-0.1, -0.05) is 38.5 Å². The Hall–Kier alpha value is -0.960. The molecule has 96 valence electrons. The molecular weight excluding hydrogens is 222 g/mol. The van der Waals surface area contributed by atoms with Gasteiger partial charge in [-0.05, 0) is 18.1 Å². The lowest BCUT2D eigenvalue weighted by atomic mass is 9.93. The minimum absolute atomic E-state index is 0.000692. The second-order valence-corrected chi connectivity index (χ2v) is 4.37. The van der Waals surface area contributed by atoms with E-state index in [1.807, 2.05) is 6.92 Å². The molecule has 0 bridgehead atoms. The maximum absolute atomic E-state index is 13.7. The molecule has 1 rings (SSSR count). The maximum atomic E-state index is 13.7. The molecule has 0 aliphatic carbocycles. The van der Waals surface area contributed by atoms with Crippen molar-refractivity contribution in [3.05, 3.63) is 35.4 Å². The number of halogens is 2. The average Bonchev–Trinajstić information content (AvgIpc) is 2.31. The Morgan fingerprint density at radius 2 is 2.00 bits per heavy atom. The van der Waals surface area contributed by atoms with Crippen molar-refractivity contribution in [3.8, 4) is 0 Å². The molecule has 1 N–H and O–H groups in total. The number of benzene rings is 1. The van der Waals surface area contributed by atoms with Gasteiger partial charge in [0, 0.05) is 24.5 Å². The normalized spacial score (nSPS) is 13.7. The summed E-state index contributed by atoms with van der Waals surface area (Å²) in [5, 5.41) is 9.19. The fraction of sp³-hybridized carbons (Fsp3) is 0.571. The Bertz CT molecular complexity index is 346. The van der Waals surface area contributed by atoms with Crippen LogP contribution in [0.2, 0.25) is 0 Å². The molecule has 1 aromatic carbocycles. The van der Waals surface area contributed by atoms with Gasteiger partial charge in [0.2, 0.25) is 0 Å². The van der Waals surface area contributed by atoms with Crippen molar-refractivity contribution >= 4 is 0 Å². The molecule has 0 aromatic heterocycles. The van der Waals surface area contributed by atoms with Crippen molar-refractivity contribution in [1.82, 2.24) is 0 Å². The van der Waals surface area contributed by atoms with Crippen molar-refractivity contribution in [1.29, 1.82) is 0 Å². The van der Waals surface area contributed by atoms with E-state index in [2.05, 4.69) is 0 Å². The maximum Gasteiger partial charge on any atom is 0.273 e. The van der Waals surface area contributed by atoms with E-state index in [4.69, 9.17) is 0 Å². The molecule has 0 amide bonds. The molecule has 0 aliphatic heterocycles. The molecule has 0 saturated carbocycles. The van der Waals surface area contributed by atoms with E-state index >= 15 is 0 Å². The molecule has 0 radical (unpaired) electrons. The van der Waals surface area contributed by atoms with Crippen molar-refractivity contribution in [2.75, 3.05) is 6.61 Å². The van der Waals surface area contributed by atoms with Gasteiger partial charge in [-0.15, -0.1) is 0 Å². The predicted octanol–water partition coefficient (Wildman–Crippen LogP) is 4.06. The van der Waals surface area contributed by atoms with E-state index in [9.17, 15) is 13.9 Å². The second kappa shape index (κ2) is 6.10. The van der Waals surface area contributed by atoms with Crippen LogP contribution < -0.4 is 0 Å². The van der Waals surface area contributed by atoms with Crippen molar-refractivity contribution in [3.63, 3.8) is 0 Å². The van der Waals surface area contributed by atoms with E-state index in [-0.39, 0.29) is 24.5 Å². The number of alkyl halides is 2. The fourth-order valence-electron chi connectivity index (χ4n) is 1.95. The Labute approximate surface area is 101 Å². The minimum atomic E-state index is -2.77. The highest BCUT2D eigenvalue weighted by Gasteiger charge is 2.30. The van der Waals surface area contributed by atoms with Crippen LogP contribution in [0.5, 0.6) is 0 Å². The zero-order valence-electron chi connectivity index (χ0n) is 10.4. The van der Waals surface area contributed by atoms with Crippen LogP contribution >= 0.6 is 0 Å². The molecule has 3 heteroatoms. The minimum Gasteiger partial charge on any atom is -0.396 e. The lowest BCUT2D eigenvalue weighted by molar-refractivity contribution is -0.0141. The highest BCUT2D eigenvalue weighted by atomic mass is 19.3. The third-order valence-electron chi connectivity index (χ3n) is 3.06. The van der Waals surface area contributed by atoms with Crippen molar-refractivity contribution in [2.24, 2.45) is 0 Å². The first-order valence-electron chi connectivity index (χ1n) is 6.14. The van der Waals surface area contributed by atoms with Gasteiger partial charge in [-0.25, -0.2) is 8.78 Å². The molecule has 0 heterocycles. The molecule has 0 fully saturated rings. The van der Waals surface area contributed by atoms with Crippen molar-refractivity contribution in [2.45, 2.75) is 45.0 Å². The summed E-state index contributed by atoms with van der Waals surface area (Å²) in [7, 11) is 0. The number of hydrogen-bond acceptors (Lipinski definition) is 1. The van der Waals surface area contributed by atoms with E-state index in [0.29, 0.717) is 6.42 Å². The summed E-state index contributed by atoms with van der Waals surface area (Å²) in [5.74, 6) is -2.81. The van der Waals surface area contributed by atoms with Crippen molar-refractivity contribution < 1.29 is 13.9 Å². The SMILES string of the molecule is CCCC(F)(F)c1cccc(C(CC)CO)c1. The number of aliphatic hydroxyl groups is 1. The smallest absolute Gasteiger partial charge is 0.273 e. The summed E-state index contributed by atoms with van der Waals surface area (Å²) in [6, 6.07) is 6.44. The summed E-state index contributed by atoms with van der Waals surface area (Å²) in [4.78, 5) is 0. The van der Waals surface area contributed by atoms with Crippen LogP contribution in [-0.4, -0.2) is 11.7 Å². The largest absolute Gasteiger partial charge is 0.396 e. The Morgan fingerprint density at radius 1 is 1.29 bits per heavy atom.